The van der Waals surface area contributed by atoms with E-state index in [4.69, 9.17) is 4.74 Å². The fourth-order valence-electron chi connectivity index (χ4n) is 4.23. The number of aliphatic hydroxyl groups is 1. The molecule has 166 valence electrons. The van der Waals surface area contributed by atoms with Crippen molar-refractivity contribution in [1.29, 1.82) is 0 Å². The van der Waals surface area contributed by atoms with Gasteiger partial charge in [0.25, 0.3) is 5.91 Å². The van der Waals surface area contributed by atoms with Gasteiger partial charge < -0.3 is 14.7 Å². The van der Waals surface area contributed by atoms with Gasteiger partial charge in [-0.15, -0.1) is 0 Å². The Labute approximate surface area is 188 Å². The van der Waals surface area contributed by atoms with Crippen LogP contribution in [-0.2, 0) is 14.3 Å². The van der Waals surface area contributed by atoms with E-state index >= 15 is 0 Å². The average Bonchev–Trinajstić information content (AvgIpc) is 3.09. The van der Waals surface area contributed by atoms with Crippen molar-refractivity contribution in [2.75, 3.05) is 39.4 Å². The lowest BCUT2D eigenvalue weighted by Crippen LogP contribution is -2.39. The summed E-state index contributed by atoms with van der Waals surface area (Å²) < 4.78 is 5.39. The predicted octanol–water partition coefficient (Wildman–Crippen LogP) is 3.39. The normalized spacial score (nSPS) is 19.8. The third-order valence-corrected chi connectivity index (χ3v) is 5.89. The van der Waals surface area contributed by atoms with Gasteiger partial charge in [-0.05, 0) is 23.6 Å². The van der Waals surface area contributed by atoms with Crippen molar-refractivity contribution < 1.29 is 19.4 Å². The van der Waals surface area contributed by atoms with Crippen LogP contribution in [0, 0.1) is 0 Å². The molecule has 2 aromatic rings. The maximum absolute atomic E-state index is 13.1. The molecule has 1 unspecified atom stereocenters. The Hall–Kier alpha value is -3.22. The first-order valence-electron chi connectivity index (χ1n) is 11.0. The van der Waals surface area contributed by atoms with Crippen molar-refractivity contribution in [3.63, 3.8) is 0 Å². The molecule has 32 heavy (non-hydrogen) atoms. The van der Waals surface area contributed by atoms with E-state index in [-0.39, 0.29) is 11.4 Å². The Bertz CT molecular complexity index is 995. The van der Waals surface area contributed by atoms with Crippen LogP contribution < -0.4 is 0 Å². The molecule has 1 atom stereocenters. The number of nitrogens with zero attached hydrogens (tertiary/aromatic N) is 2. The topological polar surface area (TPSA) is 70.1 Å². The fraction of sp³-hybridized carbons (Fsp3) is 0.308. The molecule has 0 spiro atoms. The third-order valence-electron chi connectivity index (χ3n) is 5.89. The highest BCUT2D eigenvalue weighted by Gasteiger charge is 2.42. The second-order valence-corrected chi connectivity index (χ2v) is 7.99. The SMILES string of the molecule is O=C(/C=C/c1ccccc1)C1=C(O)C(=O)N(CCCN2CCOCC2)C1c1ccccc1. The van der Waals surface area contributed by atoms with Gasteiger partial charge in [-0.1, -0.05) is 66.7 Å². The minimum Gasteiger partial charge on any atom is -0.503 e. The zero-order valence-corrected chi connectivity index (χ0v) is 18.0. The van der Waals surface area contributed by atoms with Gasteiger partial charge in [0.1, 0.15) is 0 Å². The van der Waals surface area contributed by atoms with E-state index in [1.807, 2.05) is 60.7 Å². The Morgan fingerprint density at radius 1 is 1.00 bits per heavy atom. The molecule has 0 aliphatic carbocycles. The molecule has 0 aromatic heterocycles. The molecule has 0 radical (unpaired) electrons. The van der Waals surface area contributed by atoms with E-state index in [1.54, 1.807) is 11.0 Å². The zero-order valence-electron chi connectivity index (χ0n) is 18.0. The number of aliphatic hydroxyl groups excluding tert-OH is 1. The van der Waals surface area contributed by atoms with Crippen molar-refractivity contribution in [3.05, 3.63) is 89.2 Å². The van der Waals surface area contributed by atoms with Crippen LogP contribution in [0.15, 0.2) is 78.1 Å². The summed E-state index contributed by atoms with van der Waals surface area (Å²) in [4.78, 5) is 30.0. The number of ketones is 1. The number of amides is 1. The Morgan fingerprint density at radius 2 is 1.66 bits per heavy atom. The summed E-state index contributed by atoms with van der Waals surface area (Å²) >= 11 is 0. The predicted molar refractivity (Wildman–Crippen MR) is 123 cm³/mol. The van der Waals surface area contributed by atoms with Crippen molar-refractivity contribution in [2.24, 2.45) is 0 Å². The summed E-state index contributed by atoms with van der Waals surface area (Å²) in [5.41, 5.74) is 1.83. The molecule has 2 aliphatic heterocycles. The molecule has 6 nitrogen and oxygen atoms in total. The molecular weight excluding hydrogens is 404 g/mol. The molecule has 4 rings (SSSR count). The van der Waals surface area contributed by atoms with Crippen molar-refractivity contribution in [1.82, 2.24) is 9.80 Å². The molecule has 0 saturated carbocycles. The zero-order chi connectivity index (χ0) is 22.3. The standard InChI is InChI=1S/C26H28N2O4/c29-22(13-12-20-8-3-1-4-9-20)23-24(21-10-5-2-6-11-21)28(26(31)25(23)30)15-7-14-27-16-18-32-19-17-27/h1-6,8-13,24,30H,7,14-19H2/b13-12+. The van der Waals surface area contributed by atoms with Gasteiger partial charge in [0.2, 0.25) is 0 Å². The summed E-state index contributed by atoms with van der Waals surface area (Å²) in [6.07, 6.45) is 3.89. The van der Waals surface area contributed by atoms with E-state index in [1.165, 1.54) is 6.08 Å². The number of carbonyl (C=O) groups is 2. The van der Waals surface area contributed by atoms with Crippen LogP contribution in [0.1, 0.15) is 23.6 Å². The molecule has 1 saturated heterocycles. The van der Waals surface area contributed by atoms with Gasteiger partial charge in [0.15, 0.2) is 11.5 Å². The molecule has 1 N–H and O–H groups in total. The molecule has 0 bridgehead atoms. The average molecular weight is 433 g/mol. The molecule has 1 amide bonds. The lowest BCUT2D eigenvalue weighted by atomic mass is 9.95. The molecule has 2 aliphatic rings. The number of ether oxygens (including phenoxy) is 1. The highest BCUT2D eigenvalue weighted by Crippen LogP contribution is 2.38. The van der Waals surface area contributed by atoms with Crippen LogP contribution in [0.25, 0.3) is 6.08 Å². The third kappa shape index (κ3) is 4.98. The fourth-order valence-corrected chi connectivity index (χ4v) is 4.23. The quantitative estimate of drug-likeness (QED) is 0.648. The van der Waals surface area contributed by atoms with Crippen LogP contribution in [0.2, 0.25) is 0 Å². The summed E-state index contributed by atoms with van der Waals surface area (Å²) in [6.45, 7) is 4.51. The molecular formula is C26H28N2O4. The van der Waals surface area contributed by atoms with Gasteiger partial charge in [-0.2, -0.15) is 0 Å². The van der Waals surface area contributed by atoms with Crippen LogP contribution >= 0.6 is 0 Å². The van der Waals surface area contributed by atoms with Gasteiger partial charge in [-0.3, -0.25) is 14.5 Å². The van der Waals surface area contributed by atoms with Gasteiger partial charge in [0.05, 0.1) is 24.8 Å². The number of carbonyl (C=O) groups excluding carboxylic acids is 2. The number of allylic oxidation sites excluding steroid dienone is 1. The monoisotopic (exact) mass is 432 g/mol. The maximum atomic E-state index is 13.1. The van der Waals surface area contributed by atoms with Gasteiger partial charge in [0, 0.05) is 26.2 Å². The lowest BCUT2D eigenvalue weighted by molar-refractivity contribution is -0.129. The largest absolute Gasteiger partial charge is 0.503 e. The lowest BCUT2D eigenvalue weighted by Gasteiger charge is -2.29. The second kappa shape index (κ2) is 10.4. The molecule has 6 heteroatoms. The van der Waals surface area contributed by atoms with Crippen LogP contribution in [0.3, 0.4) is 0 Å². The van der Waals surface area contributed by atoms with E-state index < -0.39 is 17.7 Å². The first-order chi connectivity index (χ1) is 15.6. The number of hydrogen-bond acceptors (Lipinski definition) is 5. The second-order valence-electron chi connectivity index (χ2n) is 7.99. The Balaban J connectivity index is 1.54. The number of benzene rings is 2. The summed E-state index contributed by atoms with van der Waals surface area (Å²) in [6, 6.07) is 18.3. The summed E-state index contributed by atoms with van der Waals surface area (Å²) in [5.74, 6) is -1.30. The Morgan fingerprint density at radius 3 is 2.34 bits per heavy atom. The minimum atomic E-state index is -0.596. The van der Waals surface area contributed by atoms with Gasteiger partial charge in [-0.25, -0.2) is 0 Å². The smallest absolute Gasteiger partial charge is 0.290 e. The number of rotatable bonds is 8. The minimum absolute atomic E-state index is 0.139. The molecule has 2 heterocycles. The van der Waals surface area contributed by atoms with Crippen LogP contribution in [-0.4, -0.2) is 66.0 Å². The van der Waals surface area contributed by atoms with Gasteiger partial charge >= 0.3 is 0 Å². The first-order valence-corrected chi connectivity index (χ1v) is 11.0. The molecule has 2 aromatic carbocycles. The van der Waals surface area contributed by atoms with Crippen molar-refractivity contribution in [2.45, 2.75) is 12.5 Å². The van der Waals surface area contributed by atoms with Crippen LogP contribution in [0.5, 0.6) is 0 Å². The van der Waals surface area contributed by atoms with Crippen molar-refractivity contribution >= 4 is 17.8 Å². The molecule has 1 fully saturated rings. The van der Waals surface area contributed by atoms with E-state index in [0.29, 0.717) is 6.54 Å². The van der Waals surface area contributed by atoms with E-state index in [2.05, 4.69) is 4.90 Å². The maximum Gasteiger partial charge on any atom is 0.290 e. The van der Waals surface area contributed by atoms with E-state index in [9.17, 15) is 14.7 Å². The first kappa shape index (κ1) is 22.0. The number of morpholine rings is 1. The van der Waals surface area contributed by atoms with Crippen molar-refractivity contribution in [3.8, 4) is 0 Å². The van der Waals surface area contributed by atoms with E-state index in [0.717, 1.165) is 50.4 Å². The highest BCUT2D eigenvalue weighted by molar-refractivity contribution is 6.14. The summed E-state index contributed by atoms with van der Waals surface area (Å²) in [5, 5.41) is 10.7. The summed E-state index contributed by atoms with van der Waals surface area (Å²) in [7, 11) is 0. The Kier molecular flexibility index (Phi) is 7.14. The highest BCUT2D eigenvalue weighted by atomic mass is 16.5. The number of hydrogen-bond donors (Lipinski definition) is 1. The van der Waals surface area contributed by atoms with Crippen LogP contribution in [0.4, 0.5) is 0 Å².